The van der Waals surface area contributed by atoms with E-state index in [1.54, 1.807) is 0 Å². The topological polar surface area (TPSA) is 41.8 Å². The molecule has 16 heavy (non-hydrogen) atoms. The van der Waals surface area contributed by atoms with Gasteiger partial charge in [-0.05, 0) is 54.5 Å². The lowest BCUT2D eigenvalue weighted by Crippen LogP contribution is -2.25. The summed E-state index contributed by atoms with van der Waals surface area (Å²) in [7, 11) is 0. The molecule has 0 bridgehead atoms. The van der Waals surface area contributed by atoms with Gasteiger partial charge < -0.3 is 10.7 Å². The van der Waals surface area contributed by atoms with Gasteiger partial charge in [0.15, 0.2) is 0 Å². The second-order valence-corrected chi connectivity index (χ2v) is 5.42. The van der Waals surface area contributed by atoms with Crippen LogP contribution in [-0.2, 0) is 6.42 Å². The molecule has 2 heteroatoms. The Hall–Kier alpha value is -1.28. The van der Waals surface area contributed by atoms with E-state index in [-0.39, 0.29) is 5.41 Å². The first kappa shape index (κ1) is 11.2. The Labute approximate surface area is 96.9 Å². The van der Waals surface area contributed by atoms with Crippen LogP contribution in [0.1, 0.15) is 25.1 Å². The molecule has 0 saturated carbocycles. The third-order valence-corrected chi connectivity index (χ3v) is 3.06. The van der Waals surface area contributed by atoms with Crippen LogP contribution >= 0.6 is 0 Å². The van der Waals surface area contributed by atoms with Gasteiger partial charge in [0.2, 0.25) is 0 Å². The van der Waals surface area contributed by atoms with Gasteiger partial charge in [-0.3, -0.25) is 0 Å². The summed E-state index contributed by atoms with van der Waals surface area (Å²) in [5.74, 6) is 0. The molecule has 2 aromatic rings. The first-order valence-corrected chi connectivity index (χ1v) is 5.78. The third kappa shape index (κ3) is 2.27. The summed E-state index contributed by atoms with van der Waals surface area (Å²) in [6.07, 6.45) is 1.03. The number of benzene rings is 1. The number of aromatic amines is 1. The number of aryl methyl sites for hydroxylation is 1. The minimum atomic E-state index is 0.180. The molecule has 0 aliphatic heterocycles. The Balaban J connectivity index is 2.32. The van der Waals surface area contributed by atoms with Crippen molar-refractivity contribution in [2.24, 2.45) is 11.1 Å². The molecule has 0 aliphatic rings. The molecule has 0 fully saturated rings. The van der Waals surface area contributed by atoms with Crippen molar-refractivity contribution in [3.63, 3.8) is 0 Å². The molecule has 0 aliphatic carbocycles. The van der Waals surface area contributed by atoms with Crippen molar-refractivity contribution >= 4 is 10.9 Å². The average molecular weight is 216 g/mol. The predicted molar refractivity (Wildman–Crippen MR) is 69.6 cm³/mol. The molecule has 86 valence electrons. The number of nitrogens with two attached hydrogens (primary N) is 1. The van der Waals surface area contributed by atoms with Crippen LogP contribution in [0.25, 0.3) is 10.9 Å². The SMILES string of the molecule is Cc1cc2cc(CC(C)(C)CN)ccc2[nH]1. The second-order valence-electron chi connectivity index (χ2n) is 5.42. The fraction of sp³-hybridized carbons (Fsp3) is 0.429. The van der Waals surface area contributed by atoms with Crippen LogP contribution < -0.4 is 5.73 Å². The lowest BCUT2D eigenvalue weighted by atomic mass is 9.86. The standard InChI is InChI=1S/C14H20N2/c1-10-6-12-7-11(4-5-13(12)16-10)8-14(2,3)9-15/h4-7,16H,8-9,15H2,1-3H3. The van der Waals surface area contributed by atoms with Gasteiger partial charge in [-0.25, -0.2) is 0 Å². The normalized spacial score (nSPS) is 12.2. The van der Waals surface area contributed by atoms with E-state index in [4.69, 9.17) is 5.73 Å². The Morgan fingerprint density at radius 2 is 2.00 bits per heavy atom. The average Bonchev–Trinajstić information content (AvgIpc) is 2.57. The first-order valence-electron chi connectivity index (χ1n) is 5.78. The van der Waals surface area contributed by atoms with E-state index >= 15 is 0 Å². The fourth-order valence-corrected chi connectivity index (χ4v) is 2.06. The monoisotopic (exact) mass is 216 g/mol. The Morgan fingerprint density at radius 1 is 1.25 bits per heavy atom. The minimum absolute atomic E-state index is 0.180. The molecule has 1 aromatic carbocycles. The van der Waals surface area contributed by atoms with E-state index in [9.17, 15) is 0 Å². The quantitative estimate of drug-likeness (QED) is 0.813. The summed E-state index contributed by atoms with van der Waals surface area (Å²) in [5.41, 5.74) is 9.74. The molecular formula is C14H20N2. The van der Waals surface area contributed by atoms with E-state index in [1.807, 2.05) is 0 Å². The van der Waals surface area contributed by atoms with Crippen LogP contribution in [0, 0.1) is 12.3 Å². The van der Waals surface area contributed by atoms with Crippen molar-refractivity contribution in [3.8, 4) is 0 Å². The highest BCUT2D eigenvalue weighted by atomic mass is 14.7. The summed E-state index contributed by atoms with van der Waals surface area (Å²) < 4.78 is 0. The highest BCUT2D eigenvalue weighted by molar-refractivity contribution is 5.81. The summed E-state index contributed by atoms with van der Waals surface area (Å²) in [6, 6.07) is 8.80. The molecular weight excluding hydrogens is 196 g/mol. The minimum Gasteiger partial charge on any atom is -0.359 e. The lowest BCUT2D eigenvalue weighted by Gasteiger charge is -2.22. The molecule has 0 atom stereocenters. The number of fused-ring (bicyclic) bond motifs is 1. The van der Waals surface area contributed by atoms with E-state index in [0.717, 1.165) is 13.0 Å². The molecule has 2 rings (SSSR count). The summed E-state index contributed by atoms with van der Waals surface area (Å²) in [5, 5.41) is 1.29. The van der Waals surface area contributed by atoms with Gasteiger partial charge >= 0.3 is 0 Å². The number of hydrogen-bond acceptors (Lipinski definition) is 1. The number of H-pyrrole nitrogens is 1. The van der Waals surface area contributed by atoms with Crippen LogP contribution in [0.15, 0.2) is 24.3 Å². The van der Waals surface area contributed by atoms with Crippen molar-refractivity contribution in [1.29, 1.82) is 0 Å². The highest BCUT2D eigenvalue weighted by Crippen LogP contribution is 2.23. The fourth-order valence-electron chi connectivity index (χ4n) is 2.06. The molecule has 1 heterocycles. The largest absolute Gasteiger partial charge is 0.359 e. The first-order chi connectivity index (χ1) is 7.50. The molecule has 0 radical (unpaired) electrons. The summed E-state index contributed by atoms with van der Waals surface area (Å²) >= 11 is 0. The van der Waals surface area contributed by atoms with Crippen molar-refractivity contribution < 1.29 is 0 Å². The zero-order valence-corrected chi connectivity index (χ0v) is 10.3. The zero-order valence-electron chi connectivity index (χ0n) is 10.3. The maximum atomic E-state index is 5.76. The molecule has 1 aromatic heterocycles. The van der Waals surface area contributed by atoms with Gasteiger partial charge in [-0.15, -0.1) is 0 Å². The van der Waals surface area contributed by atoms with Crippen LogP contribution in [0.4, 0.5) is 0 Å². The van der Waals surface area contributed by atoms with E-state index in [2.05, 4.69) is 50.0 Å². The number of aromatic nitrogens is 1. The van der Waals surface area contributed by atoms with Gasteiger partial charge in [0, 0.05) is 11.2 Å². The summed E-state index contributed by atoms with van der Waals surface area (Å²) in [4.78, 5) is 3.34. The van der Waals surface area contributed by atoms with Crippen molar-refractivity contribution in [3.05, 3.63) is 35.5 Å². The van der Waals surface area contributed by atoms with Crippen LogP contribution in [0.5, 0.6) is 0 Å². The zero-order chi connectivity index (χ0) is 11.8. The maximum Gasteiger partial charge on any atom is 0.0456 e. The second kappa shape index (κ2) is 3.95. The van der Waals surface area contributed by atoms with Gasteiger partial charge in [0.05, 0.1) is 0 Å². The van der Waals surface area contributed by atoms with Crippen LogP contribution in [-0.4, -0.2) is 11.5 Å². The number of nitrogens with one attached hydrogen (secondary N) is 1. The van der Waals surface area contributed by atoms with Crippen molar-refractivity contribution in [1.82, 2.24) is 4.98 Å². The Kier molecular flexibility index (Phi) is 2.76. The van der Waals surface area contributed by atoms with Gasteiger partial charge in [-0.1, -0.05) is 19.9 Å². The Bertz CT molecular complexity index is 494. The van der Waals surface area contributed by atoms with Gasteiger partial charge in [-0.2, -0.15) is 0 Å². The Morgan fingerprint density at radius 3 is 2.69 bits per heavy atom. The molecule has 2 nitrogen and oxygen atoms in total. The third-order valence-electron chi connectivity index (χ3n) is 3.06. The maximum absolute atomic E-state index is 5.76. The van der Waals surface area contributed by atoms with Gasteiger partial charge in [0.1, 0.15) is 0 Å². The van der Waals surface area contributed by atoms with Crippen LogP contribution in [0.2, 0.25) is 0 Å². The molecule has 3 N–H and O–H groups in total. The predicted octanol–water partition coefficient (Wildman–Crippen LogP) is 3.00. The van der Waals surface area contributed by atoms with E-state index in [1.165, 1.54) is 22.2 Å². The summed E-state index contributed by atoms with van der Waals surface area (Å²) in [6.45, 7) is 7.22. The molecule has 0 spiro atoms. The van der Waals surface area contributed by atoms with Gasteiger partial charge in [0.25, 0.3) is 0 Å². The number of hydrogen-bond donors (Lipinski definition) is 2. The smallest absolute Gasteiger partial charge is 0.0456 e. The molecule has 0 unspecified atom stereocenters. The van der Waals surface area contributed by atoms with Crippen molar-refractivity contribution in [2.45, 2.75) is 27.2 Å². The van der Waals surface area contributed by atoms with E-state index < -0.39 is 0 Å². The highest BCUT2D eigenvalue weighted by Gasteiger charge is 2.16. The van der Waals surface area contributed by atoms with E-state index in [0.29, 0.717) is 0 Å². The number of rotatable bonds is 3. The lowest BCUT2D eigenvalue weighted by molar-refractivity contribution is 0.377. The molecule has 0 saturated heterocycles. The molecule has 0 amide bonds. The van der Waals surface area contributed by atoms with Crippen LogP contribution in [0.3, 0.4) is 0 Å². The van der Waals surface area contributed by atoms with Crippen molar-refractivity contribution in [2.75, 3.05) is 6.54 Å².